The molecule has 2 aromatic rings. The fourth-order valence-corrected chi connectivity index (χ4v) is 4.08. The number of aryl methyl sites for hydroxylation is 1. The minimum atomic E-state index is 0.268. The van der Waals surface area contributed by atoms with E-state index in [4.69, 9.17) is 9.97 Å². The summed E-state index contributed by atoms with van der Waals surface area (Å²) in [6, 6.07) is 6.26. The Hall–Kier alpha value is -2.01. The number of nitrogens with one attached hydrogen (secondary N) is 1. The van der Waals surface area contributed by atoms with Crippen molar-refractivity contribution in [3.05, 3.63) is 35.7 Å². The Labute approximate surface area is 142 Å². The second kappa shape index (κ2) is 6.85. The van der Waals surface area contributed by atoms with Gasteiger partial charge in [0.15, 0.2) is 5.82 Å². The van der Waals surface area contributed by atoms with Crippen molar-refractivity contribution in [3.8, 4) is 11.5 Å². The number of anilines is 1. The van der Waals surface area contributed by atoms with Gasteiger partial charge in [-0.3, -0.25) is 4.98 Å². The molecule has 5 nitrogen and oxygen atoms in total. The van der Waals surface area contributed by atoms with Gasteiger partial charge in [-0.15, -0.1) is 0 Å². The van der Waals surface area contributed by atoms with E-state index in [9.17, 15) is 5.11 Å². The lowest BCUT2D eigenvalue weighted by Gasteiger charge is -2.22. The SMILES string of the molecule is OCCC1CCCC1Nc1nc(-c2ccccn2)nc2c1CCC2. The van der Waals surface area contributed by atoms with Crippen LogP contribution in [0.2, 0.25) is 0 Å². The lowest BCUT2D eigenvalue weighted by atomic mass is 10.00. The Morgan fingerprint density at radius 1 is 1.12 bits per heavy atom. The number of rotatable bonds is 5. The normalized spacial score (nSPS) is 22.5. The van der Waals surface area contributed by atoms with Crippen LogP contribution in [-0.4, -0.2) is 32.7 Å². The zero-order valence-electron chi connectivity index (χ0n) is 13.9. The number of aliphatic hydroxyl groups excluding tert-OH is 1. The van der Waals surface area contributed by atoms with Crippen LogP contribution in [0.25, 0.3) is 11.5 Å². The van der Waals surface area contributed by atoms with Gasteiger partial charge < -0.3 is 10.4 Å². The van der Waals surface area contributed by atoms with E-state index in [0.717, 1.165) is 49.4 Å². The van der Waals surface area contributed by atoms with Gasteiger partial charge in [-0.25, -0.2) is 9.97 Å². The van der Waals surface area contributed by atoms with Crippen molar-refractivity contribution in [2.24, 2.45) is 5.92 Å². The molecular weight excluding hydrogens is 300 g/mol. The van der Waals surface area contributed by atoms with Crippen LogP contribution in [0.5, 0.6) is 0 Å². The van der Waals surface area contributed by atoms with Crippen molar-refractivity contribution in [1.82, 2.24) is 15.0 Å². The fourth-order valence-electron chi connectivity index (χ4n) is 4.08. The number of aromatic nitrogens is 3. The van der Waals surface area contributed by atoms with Crippen molar-refractivity contribution < 1.29 is 5.11 Å². The maximum atomic E-state index is 9.30. The van der Waals surface area contributed by atoms with E-state index in [2.05, 4.69) is 10.3 Å². The molecule has 0 radical (unpaired) electrons. The van der Waals surface area contributed by atoms with Crippen LogP contribution < -0.4 is 5.32 Å². The van der Waals surface area contributed by atoms with Crippen LogP contribution in [0.1, 0.15) is 43.4 Å². The molecule has 2 heterocycles. The van der Waals surface area contributed by atoms with Gasteiger partial charge in [0.1, 0.15) is 11.5 Å². The highest BCUT2D eigenvalue weighted by Gasteiger charge is 2.29. The number of aliphatic hydroxyl groups is 1. The molecule has 24 heavy (non-hydrogen) atoms. The Morgan fingerprint density at radius 2 is 2.08 bits per heavy atom. The van der Waals surface area contributed by atoms with Crippen molar-refractivity contribution in [3.63, 3.8) is 0 Å². The molecule has 0 aromatic carbocycles. The smallest absolute Gasteiger partial charge is 0.180 e. The van der Waals surface area contributed by atoms with Crippen molar-refractivity contribution in [2.45, 2.75) is 51.0 Å². The van der Waals surface area contributed by atoms with Crippen LogP contribution >= 0.6 is 0 Å². The molecule has 4 rings (SSSR count). The lowest BCUT2D eigenvalue weighted by molar-refractivity contribution is 0.254. The average Bonchev–Trinajstić information content (AvgIpc) is 3.25. The van der Waals surface area contributed by atoms with Crippen LogP contribution in [0, 0.1) is 5.92 Å². The molecule has 2 N–H and O–H groups in total. The Kier molecular flexibility index (Phi) is 4.43. The van der Waals surface area contributed by atoms with Gasteiger partial charge in [0, 0.05) is 30.1 Å². The van der Waals surface area contributed by atoms with Crippen LogP contribution in [0.3, 0.4) is 0 Å². The zero-order chi connectivity index (χ0) is 16.4. The summed E-state index contributed by atoms with van der Waals surface area (Å²) in [6.07, 6.45) is 9.46. The van der Waals surface area contributed by atoms with E-state index in [-0.39, 0.29) is 6.61 Å². The number of nitrogens with zero attached hydrogens (tertiary/aromatic N) is 3. The Morgan fingerprint density at radius 3 is 2.92 bits per heavy atom. The van der Waals surface area contributed by atoms with E-state index in [1.54, 1.807) is 6.20 Å². The zero-order valence-corrected chi connectivity index (χ0v) is 13.9. The number of pyridine rings is 1. The van der Waals surface area contributed by atoms with E-state index in [1.807, 2.05) is 18.2 Å². The van der Waals surface area contributed by atoms with Crippen molar-refractivity contribution in [2.75, 3.05) is 11.9 Å². The molecular formula is C19H24N4O. The first kappa shape index (κ1) is 15.5. The highest BCUT2D eigenvalue weighted by molar-refractivity contribution is 5.58. The second-order valence-electron chi connectivity index (χ2n) is 6.84. The summed E-state index contributed by atoms with van der Waals surface area (Å²) < 4.78 is 0. The molecule has 2 aliphatic rings. The van der Waals surface area contributed by atoms with Gasteiger partial charge in [-0.05, 0) is 56.6 Å². The topological polar surface area (TPSA) is 70.9 Å². The average molecular weight is 324 g/mol. The second-order valence-corrected chi connectivity index (χ2v) is 6.84. The minimum Gasteiger partial charge on any atom is -0.396 e. The summed E-state index contributed by atoms with van der Waals surface area (Å²) in [5, 5.41) is 13.0. The van der Waals surface area contributed by atoms with E-state index in [1.165, 1.54) is 24.1 Å². The summed E-state index contributed by atoms with van der Waals surface area (Å²) in [6.45, 7) is 0.268. The summed E-state index contributed by atoms with van der Waals surface area (Å²) in [5.74, 6) is 2.25. The summed E-state index contributed by atoms with van der Waals surface area (Å²) >= 11 is 0. The van der Waals surface area contributed by atoms with Crippen molar-refractivity contribution >= 4 is 5.82 Å². The summed E-state index contributed by atoms with van der Waals surface area (Å²) in [7, 11) is 0. The summed E-state index contributed by atoms with van der Waals surface area (Å²) in [5.41, 5.74) is 3.28. The predicted molar refractivity (Wildman–Crippen MR) is 93.7 cm³/mol. The molecule has 0 saturated heterocycles. The minimum absolute atomic E-state index is 0.268. The molecule has 2 unspecified atom stereocenters. The standard InChI is InChI=1S/C19H24N4O/c24-12-10-13-5-3-8-15(13)21-18-14-6-4-9-16(14)22-19(23-18)17-7-1-2-11-20-17/h1-2,7,11,13,15,24H,3-6,8-10,12H2,(H,21,22,23). The van der Waals surface area contributed by atoms with Gasteiger partial charge in [0.2, 0.25) is 0 Å². The maximum absolute atomic E-state index is 9.30. The molecule has 0 amide bonds. The lowest BCUT2D eigenvalue weighted by Crippen LogP contribution is -2.26. The third kappa shape index (κ3) is 3.00. The number of hydrogen-bond donors (Lipinski definition) is 2. The largest absolute Gasteiger partial charge is 0.396 e. The van der Waals surface area contributed by atoms with E-state index < -0.39 is 0 Å². The highest BCUT2D eigenvalue weighted by Crippen LogP contribution is 2.34. The van der Waals surface area contributed by atoms with Gasteiger partial charge in [-0.1, -0.05) is 12.5 Å². The number of fused-ring (bicyclic) bond motifs is 1. The molecule has 2 aromatic heterocycles. The summed E-state index contributed by atoms with van der Waals surface area (Å²) in [4.78, 5) is 14.0. The van der Waals surface area contributed by atoms with E-state index in [0.29, 0.717) is 12.0 Å². The van der Waals surface area contributed by atoms with Gasteiger partial charge in [-0.2, -0.15) is 0 Å². The van der Waals surface area contributed by atoms with Gasteiger partial charge in [0.25, 0.3) is 0 Å². The van der Waals surface area contributed by atoms with Crippen LogP contribution in [-0.2, 0) is 12.8 Å². The predicted octanol–water partition coefficient (Wildman–Crippen LogP) is 2.99. The highest BCUT2D eigenvalue weighted by atomic mass is 16.3. The first-order chi connectivity index (χ1) is 11.8. The van der Waals surface area contributed by atoms with Crippen LogP contribution in [0.4, 0.5) is 5.82 Å². The molecule has 0 aliphatic heterocycles. The third-order valence-electron chi connectivity index (χ3n) is 5.31. The van der Waals surface area contributed by atoms with Gasteiger partial charge in [0.05, 0.1) is 0 Å². The molecule has 5 heteroatoms. The molecule has 1 saturated carbocycles. The third-order valence-corrected chi connectivity index (χ3v) is 5.31. The van der Waals surface area contributed by atoms with E-state index >= 15 is 0 Å². The fraction of sp³-hybridized carbons (Fsp3) is 0.526. The van der Waals surface area contributed by atoms with Crippen molar-refractivity contribution in [1.29, 1.82) is 0 Å². The number of hydrogen-bond acceptors (Lipinski definition) is 5. The Bertz CT molecular complexity index is 704. The molecule has 1 fully saturated rings. The first-order valence-electron chi connectivity index (χ1n) is 9.03. The van der Waals surface area contributed by atoms with Crippen LogP contribution in [0.15, 0.2) is 24.4 Å². The molecule has 126 valence electrons. The molecule has 2 atom stereocenters. The Balaban J connectivity index is 1.66. The first-order valence-corrected chi connectivity index (χ1v) is 9.03. The monoisotopic (exact) mass is 324 g/mol. The molecule has 0 spiro atoms. The molecule has 2 aliphatic carbocycles. The van der Waals surface area contributed by atoms with Gasteiger partial charge >= 0.3 is 0 Å². The molecule has 0 bridgehead atoms. The quantitative estimate of drug-likeness (QED) is 0.885. The maximum Gasteiger partial charge on any atom is 0.180 e.